The summed E-state index contributed by atoms with van der Waals surface area (Å²) < 4.78 is 14.6. The molecule has 0 N–H and O–H groups in total. The fourth-order valence-corrected chi connectivity index (χ4v) is 5.52. The van der Waals surface area contributed by atoms with Crippen LogP contribution in [0.5, 0.6) is 11.6 Å². The van der Waals surface area contributed by atoms with E-state index in [4.69, 9.17) is 14.1 Å². The van der Waals surface area contributed by atoms with E-state index >= 15 is 0 Å². The van der Waals surface area contributed by atoms with Gasteiger partial charge < -0.3 is 19.0 Å². The Morgan fingerprint density at radius 3 is 2.49 bits per heavy atom. The monoisotopic (exact) mass is 509 g/mol. The Bertz CT molecular complexity index is 1990. The Labute approximate surface area is 224 Å². The molecule has 0 fully saturated rings. The molecule has 0 bridgehead atoms. The molecule has 8 rings (SSSR count). The summed E-state index contributed by atoms with van der Waals surface area (Å²) >= 11 is 0. The van der Waals surface area contributed by atoms with Gasteiger partial charge in [0.25, 0.3) is 0 Å². The third-order valence-electron chi connectivity index (χ3n) is 7.31. The summed E-state index contributed by atoms with van der Waals surface area (Å²) in [5, 5.41) is 2.22. The highest BCUT2D eigenvalue weighted by molar-refractivity contribution is 6.09. The largest absolute Gasteiger partial charge is 0.439 e. The third-order valence-corrected chi connectivity index (χ3v) is 7.31. The predicted octanol–water partition coefficient (Wildman–Crippen LogP) is 7.66. The first kappa shape index (κ1) is 21.8. The maximum absolute atomic E-state index is 6.33. The van der Waals surface area contributed by atoms with Crippen molar-refractivity contribution in [3.05, 3.63) is 109 Å². The van der Waals surface area contributed by atoms with E-state index in [1.54, 1.807) is 6.20 Å². The van der Waals surface area contributed by atoms with Crippen LogP contribution in [-0.2, 0) is 0 Å². The minimum absolute atomic E-state index is 0.525. The van der Waals surface area contributed by atoms with E-state index in [-0.39, 0.29) is 0 Å². The number of aromatic nitrogens is 3. The Morgan fingerprint density at radius 1 is 0.769 bits per heavy atom. The number of ether oxygens (including phenoxy) is 1. The fraction of sp³-hybridized carbons (Fsp3) is 0.0625. The summed E-state index contributed by atoms with van der Waals surface area (Å²) in [6.07, 6.45) is 1.79. The first-order valence-electron chi connectivity index (χ1n) is 12.8. The molecule has 0 saturated carbocycles. The van der Waals surface area contributed by atoms with Crippen molar-refractivity contribution in [2.45, 2.75) is 0 Å². The molecule has 39 heavy (non-hydrogen) atoms. The van der Waals surface area contributed by atoms with Crippen LogP contribution in [0.25, 0.3) is 38.9 Å². The van der Waals surface area contributed by atoms with Gasteiger partial charge in [-0.25, -0.2) is 4.98 Å². The van der Waals surface area contributed by atoms with E-state index in [0.29, 0.717) is 17.6 Å². The van der Waals surface area contributed by atoms with Crippen LogP contribution in [0.4, 0.5) is 17.1 Å². The summed E-state index contributed by atoms with van der Waals surface area (Å²) in [5.41, 5.74) is 6.94. The van der Waals surface area contributed by atoms with Crippen molar-refractivity contribution in [2.24, 2.45) is 0 Å². The maximum atomic E-state index is 6.33. The summed E-state index contributed by atoms with van der Waals surface area (Å²) in [5.74, 6) is 1.22. The lowest BCUT2D eigenvalue weighted by molar-refractivity contribution is 0.463. The Balaban J connectivity index is 1.21. The molecule has 0 unspecified atom stereocenters. The number of para-hydroxylation sites is 5. The van der Waals surface area contributed by atoms with Gasteiger partial charge in [0.1, 0.15) is 11.3 Å². The lowest BCUT2D eigenvalue weighted by Gasteiger charge is -2.19. The molecule has 0 radical (unpaired) electrons. The molecule has 188 valence electrons. The molecule has 0 spiro atoms. The topological polar surface area (TPSA) is 59.6 Å². The number of pyridine rings is 1. The molecule has 1 aliphatic rings. The SMILES string of the molecule is CN1CN(c2ccnc(Oc3ccc4c5ccccc5n(-c5nc6ccccc6o5)c4c3)c2)c2ccccc21. The molecule has 4 heterocycles. The van der Waals surface area contributed by atoms with Crippen molar-refractivity contribution >= 4 is 50.0 Å². The average Bonchev–Trinajstić information content (AvgIpc) is 3.64. The van der Waals surface area contributed by atoms with E-state index in [0.717, 1.165) is 45.3 Å². The number of fused-ring (bicyclic) bond motifs is 5. The molecule has 0 aliphatic carbocycles. The lowest BCUT2D eigenvalue weighted by Crippen LogP contribution is -2.23. The lowest BCUT2D eigenvalue weighted by atomic mass is 10.1. The molecule has 0 amide bonds. The van der Waals surface area contributed by atoms with Crippen molar-refractivity contribution in [1.29, 1.82) is 0 Å². The molecule has 0 saturated heterocycles. The summed E-state index contributed by atoms with van der Waals surface area (Å²) in [7, 11) is 2.10. The second kappa shape index (κ2) is 8.36. The molecule has 3 aromatic heterocycles. The summed E-state index contributed by atoms with van der Waals surface area (Å²) in [6, 6.07) is 35.1. The summed E-state index contributed by atoms with van der Waals surface area (Å²) in [6.45, 7) is 0.763. The number of oxazole rings is 1. The van der Waals surface area contributed by atoms with Gasteiger partial charge in [-0.1, -0.05) is 42.5 Å². The highest BCUT2D eigenvalue weighted by Gasteiger charge is 2.24. The zero-order chi connectivity index (χ0) is 25.9. The highest BCUT2D eigenvalue weighted by atomic mass is 16.5. The van der Waals surface area contributed by atoms with Gasteiger partial charge in [0, 0.05) is 41.8 Å². The van der Waals surface area contributed by atoms with Crippen LogP contribution in [0, 0.1) is 0 Å². The van der Waals surface area contributed by atoms with Gasteiger partial charge in [-0.15, -0.1) is 0 Å². The van der Waals surface area contributed by atoms with Crippen LogP contribution in [-0.4, -0.2) is 28.3 Å². The van der Waals surface area contributed by atoms with E-state index in [1.165, 1.54) is 11.4 Å². The molecule has 7 aromatic rings. The van der Waals surface area contributed by atoms with Crippen molar-refractivity contribution < 1.29 is 9.15 Å². The molecule has 7 nitrogen and oxygen atoms in total. The number of benzene rings is 4. The number of anilines is 3. The molecule has 7 heteroatoms. The van der Waals surface area contributed by atoms with Crippen LogP contribution in [0.3, 0.4) is 0 Å². The second-order valence-corrected chi connectivity index (χ2v) is 9.71. The van der Waals surface area contributed by atoms with Crippen molar-refractivity contribution in [3.63, 3.8) is 0 Å². The van der Waals surface area contributed by atoms with E-state index in [2.05, 4.69) is 68.9 Å². The molecule has 4 aromatic carbocycles. The first-order valence-corrected chi connectivity index (χ1v) is 12.8. The quantitative estimate of drug-likeness (QED) is 0.243. The number of hydrogen-bond donors (Lipinski definition) is 0. The molecule has 1 aliphatic heterocycles. The number of hydrogen-bond acceptors (Lipinski definition) is 6. The Kier molecular flexibility index (Phi) is 4.66. The van der Waals surface area contributed by atoms with E-state index in [9.17, 15) is 0 Å². The minimum Gasteiger partial charge on any atom is -0.439 e. The smallest absolute Gasteiger partial charge is 0.307 e. The van der Waals surface area contributed by atoms with Crippen LogP contribution in [0.15, 0.2) is 114 Å². The third kappa shape index (κ3) is 3.44. The molecular formula is C32H23N5O2. The first-order chi connectivity index (χ1) is 19.2. The standard InChI is InChI=1S/C32H23N5O2/c1-35-20-36(28-12-6-5-11-27(28)35)21-16-17-33-31(18-21)38-22-14-15-24-23-8-2-4-10-26(23)37(29(24)19-22)32-34-25-9-3-7-13-30(25)39-32/h2-19H,20H2,1H3. The van der Waals surface area contributed by atoms with Gasteiger partial charge in [-0.2, -0.15) is 4.98 Å². The van der Waals surface area contributed by atoms with Crippen LogP contribution >= 0.6 is 0 Å². The summed E-state index contributed by atoms with van der Waals surface area (Å²) in [4.78, 5) is 13.8. The van der Waals surface area contributed by atoms with Crippen molar-refractivity contribution in [2.75, 3.05) is 23.5 Å². The van der Waals surface area contributed by atoms with Gasteiger partial charge in [-0.3, -0.25) is 4.57 Å². The Hall–Kier alpha value is -5.30. The minimum atomic E-state index is 0.525. The molecule has 0 atom stereocenters. The number of nitrogens with zero attached hydrogens (tertiary/aromatic N) is 5. The van der Waals surface area contributed by atoms with E-state index < -0.39 is 0 Å². The second-order valence-electron chi connectivity index (χ2n) is 9.71. The zero-order valence-corrected chi connectivity index (χ0v) is 21.2. The van der Waals surface area contributed by atoms with Gasteiger partial charge in [0.2, 0.25) is 5.88 Å². The predicted molar refractivity (Wildman–Crippen MR) is 155 cm³/mol. The van der Waals surface area contributed by atoms with Crippen LogP contribution < -0.4 is 14.5 Å². The van der Waals surface area contributed by atoms with Crippen LogP contribution in [0.2, 0.25) is 0 Å². The van der Waals surface area contributed by atoms with Gasteiger partial charge in [-0.05, 0) is 48.5 Å². The van der Waals surface area contributed by atoms with Crippen molar-refractivity contribution in [3.8, 4) is 17.6 Å². The van der Waals surface area contributed by atoms with Gasteiger partial charge in [0.15, 0.2) is 5.58 Å². The maximum Gasteiger partial charge on any atom is 0.307 e. The average molecular weight is 510 g/mol. The fourth-order valence-electron chi connectivity index (χ4n) is 5.52. The molecular weight excluding hydrogens is 486 g/mol. The normalized spacial score (nSPS) is 13.1. The van der Waals surface area contributed by atoms with E-state index in [1.807, 2.05) is 60.7 Å². The Morgan fingerprint density at radius 2 is 1.56 bits per heavy atom. The van der Waals surface area contributed by atoms with Gasteiger partial charge in [0.05, 0.1) is 29.1 Å². The zero-order valence-electron chi connectivity index (χ0n) is 21.2. The number of rotatable bonds is 4. The van der Waals surface area contributed by atoms with Gasteiger partial charge >= 0.3 is 6.01 Å². The van der Waals surface area contributed by atoms with Crippen LogP contribution in [0.1, 0.15) is 0 Å². The highest BCUT2D eigenvalue weighted by Crippen LogP contribution is 2.41. The van der Waals surface area contributed by atoms with Crippen molar-refractivity contribution in [1.82, 2.24) is 14.5 Å².